The first-order valence-corrected chi connectivity index (χ1v) is 14.9. The van der Waals surface area contributed by atoms with Crippen molar-refractivity contribution < 1.29 is 23.7 Å². The van der Waals surface area contributed by atoms with Crippen LogP contribution < -0.4 is 29.1 Å². The summed E-state index contributed by atoms with van der Waals surface area (Å²) in [6.07, 6.45) is 3.12. The average molecular weight is 727 g/mol. The van der Waals surface area contributed by atoms with Gasteiger partial charge in [0, 0.05) is 10.0 Å². The summed E-state index contributed by atoms with van der Waals surface area (Å²) in [6.45, 7) is 3.98. The van der Waals surface area contributed by atoms with Gasteiger partial charge in [0.1, 0.15) is 11.8 Å². The average Bonchev–Trinajstić information content (AvgIpc) is 3.22. The lowest BCUT2D eigenvalue weighted by atomic mass is 9.93. The maximum atomic E-state index is 14.0. The van der Waals surface area contributed by atoms with Gasteiger partial charge in [0.05, 0.1) is 47.3 Å². The summed E-state index contributed by atoms with van der Waals surface area (Å²) in [5.41, 5.74) is 2.11. The highest BCUT2D eigenvalue weighted by molar-refractivity contribution is 14.1. The molecule has 0 N–H and O–H groups in total. The second-order valence-corrected chi connectivity index (χ2v) is 11.6. The van der Waals surface area contributed by atoms with Gasteiger partial charge >= 0.3 is 5.97 Å². The fourth-order valence-corrected chi connectivity index (χ4v) is 6.75. The van der Waals surface area contributed by atoms with E-state index < -0.39 is 12.0 Å². The number of carbonyl (C=O) groups is 1. The van der Waals surface area contributed by atoms with Gasteiger partial charge in [-0.05, 0) is 77.9 Å². The van der Waals surface area contributed by atoms with Gasteiger partial charge in [-0.15, -0.1) is 0 Å². The summed E-state index contributed by atoms with van der Waals surface area (Å²) in [5, 5.41) is 0. The predicted octanol–water partition coefficient (Wildman–Crippen LogP) is 4.97. The molecule has 1 aliphatic heterocycles. The molecule has 2 heterocycles. The smallest absolute Gasteiger partial charge is 0.338 e. The third-order valence-electron chi connectivity index (χ3n) is 6.13. The zero-order valence-electron chi connectivity index (χ0n) is 22.2. The molecule has 1 atom stereocenters. The summed E-state index contributed by atoms with van der Waals surface area (Å²) < 4.78 is 25.8. The quantitative estimate of drug-likeness (QED) is 0.229. The number of nitrogens with zero attached hydrogens (tertiary/aromatic N) is 2. The zero-order chi connectivity index (χ0) is 28.3. The van der Waals surface area contributed by atoms with Gasteiger partial charge in [-0.2, -0.15) is 0 Å². The maximum Gasteiger partial charge on any atom is 0.338 e. The Hall–Kier alpha value is -2.64. The van der Waals surface area contributed by atoms with Crippen molar-refractivity contribution in [3.63, 3.8) is 0 Å². The molecule has 0 bridgehead atoms. The van der Waals surface area contributed by atoms with E-state index in [-0.39, 0.29) is 12.2 Å². The molecular formula is C28H28BrIN2O6S. The van der Waals surface area contributed by atoms with Crippen LogP contribution in [-0.2, 0) is 9.53 Å². The Kier molecular flexibility index (Phi) is 9.55. The molecule has 206 valence electrons. The minimum absolute atomic E-state index is 0.201. The Morgan fingerprint density at radius 2 is 1.87 bits per heavy atom. The van der Waals surface area contributed by atoms with Gasteiger partial charge in [0.25, 0.3) is 5.56 Å². The largest absolute Gasteiger partial charge is 0.496 e. The fourth-order valence-electron chi connectivity index (χ4n) is 4.51. The molecule has 0 radical (unpaired) electrons. The number of benzene rings is 2. The van der Waals surface area contributed by atoms with E-state index in [1.807, 2.05) is 37.3 Å². The predicted molar refractivity (Wildman–Crippen MR) is 163 cm³/mol. The van der Waals surface area contributed by atoms with E-state index in [1.54, 1.807) is 38.9 Å². The van der Waals surface area contributed by atoms with Crippen LogP contribution >= 0.6 is 49.9 Å². The van der Waals surface area contributed by atoms with Crippen LogP contribution in [0.3, 0.4) is 0 Å². The normalized spacial score (nSPS) is 15.1. The number of fused-ring (bicyclic) bond motifs is 1. The first-order chi connectivity index (χ1) is 18.8. The number of methoxy groups -OCH3 is 3. The number of esters is 1. The van der Waals surface area contributed by atoms with Crippen molar-refractivity contribution in [2.24, 2.45) is 4.99 Å². The van der Waals surface area contributed by atoms with Crippen LogP contribution in [0.25, 0.3) is 6.08 Å². The standard InChI is InChI=1S/C28H28BrIN2O6S/c1-6-8-19-23(27(34)38-7-2)24(17-14-16(29)9-10-20(17)35-3)32-26(33)22(39-28(32)31-19)13-15-11-18(30)25(37-5)21(12-15)36-4/h9-14,24H,6-8H2,1-5H3/b22-13+/t24-/m1/s1. The van der Waals surface area contributed by atoms with E-state index in [9.17, 15) is 9.59 Å². The molecule has 0 fully saturated rings. The second kappa shape index (κ2) is 12.7. The van der Waals surface area contributed by atoms with Crippen LogP contribution in [-0.4, -0.2) is 38.5 Å². The molecule has 0 spiro atoms. The zero-order valence-corrected chi connectivity index (χ0v) is 26.7. The van der Waals surface area contributed by atoms with E-state index in [0.717, 1.165) is 20.0 Å². The molecule has 0 unspecified atom stereocenters. The molecule has 0 saturated heterocycles. The highest BCUT2D eigenvalue weighted by atomic mass is 127. The first kappa shape index (κ1) is 29.3. The van der Waals surface area contributed by atoms with Crippen LogP contribution in [0.2, 0.25) is 0 Å². The molecule has 2 aromatic carbocycles. The summed E-state index contributed by atoms with van der Waals surface area (Å²) in [4.78, 5) is 32.8. The van der Waals surface area contributed by atoms with Gasteiger partial charge in [0.2, 0.25) is 0 Å². The Bertz CT molecular complexity index is 1630. The Morgan fingerprint density at radius 3 is 2.51 bits per heavy atom. The van der Waals surface area contributed by atoms with Crippen molar-refractivity contribution in [3.05, 3.63) is 80.5 Å². The third kappa shape index (κ3) is 5.80. The Balaban J connectivity index is 2.04. The topological polar surface area (TPSA) is 88.4 Å². The molecule has 0 amide bonds. The number of hydrogen-bond acceptors (Lipinski definition) is 8. The highest BCUT2D eigenvalue weighted by Gasteiger charge is 2.36. The van der Waals surface area contributed by atoms with Gasteiger partial charge in [-0.3, -0.25) is 9.36 Å². The third-order valence-corrected chi connectivity index (χ3v) is 8.41. The van der Waals surface area contributed by atoms with Gasteiger partial charge in [-0.1, -0.05) is 40.6 Å². The molecule has 4 rings (SSSR count). The fraction of sp³-hybridized carbons (Fsp3) is 0.321. The van der Waals surface area contributed by atoms with Crippen molar-refractivity contribution in [1.82, 2.24) is 4.57 Å². The summed E-state index contributed by atoms with van der Waals surface area (Å²) >= 11 is 6.99. The van der Waals surface area contributed by atoms with Crippen molar-refractivity contribution in [2.75, 3.05) is 27.9 Å². The van der Waals surface area contributed by atoms with E-state index >= 15 is 0 Å². The molecule has 0 aliphatic carbocycles. The van der Waals surface area contributed by atoms with Crippen LogP contribution in [0.15, 0.2) is 55.9 Å². The Labute approximate surface area is 252 Å². The number of ether oxygens (including phenoxy) is 4. The second-order valence-electron chi connectivity index (χ2n) is 8.54. The monoisotopic (exact) mass is 726 g/mol. The summed E-state index contributed by atoms with van der Waals surface area (Å²) in [6, 6.07) is 8.49. The van der Waals surface area contributed by atoms with Crippen molar-refractivity contribution >= 4 is 61.9 Å². The van der Waals surface area contributed by atoms with Gasteiger partial charge in [0.15, 0.2) is 16.3 Å². The van der Waals surface area contributed by atoms with Crippen molar-refractivity contribution in [1.29, 1.82) is 0 Å². The molecule has 3 aromatic rings. The van der Waals surface area contributed by atoms with Crippen LogP contribution in [0, 0.1) is 3.57 Å². The summed E-state index contributed by atoms with van der Waals surface area (Å²) in [5.74, 6) is 1.24. The first-order valence-electron chi connectivity index (χ1n) is 12.2. The molecule has 11 heteroatoms. The SMILES string of the molecule is CCCC1=C(C(=O)OCC)[C@@H](c2cc(Br)ccc2OC)n2c(s/c(=C/c3cc(I)c(OC)c(OC)c3)c2=O)=N1. The minimum atomic E-state index is -0.776. The highest BCUT2D eigenvalue weighted by Crippen LogP contribution is 2.38. The van der Waals surface area contributed by atoms with Gasteiger partial charge < -0.3 is 18.9 Å². The number of hydrogen-bond donors (Lipinski definition) is 0. The molecule has 8 nitrogen and oxygen atoms in total. The molecule has 1 aromatic heterocycles. The number of halogens is 2. The molecule has 1 aliphatic rings. The van der Waals surface area contributed by atoms with E-state index in [2.05, 4.69) is 38.5 Å². The number of thiazole rings is 1. The van der Waals surface area contributed by atoms with Crippen molar-refractivity contribution in [2.45, 2.75) is 32.7 Å². The Morgan fingerprint density at radius 1 is 1.13 bits per heavy atom. The number of rotatable bonds is 9. The van der Waals surface area contributed by atoms with Crippen molar-refractivity contribution in [3.8, 4) is 17.2 Å². The van der Waals surface area contributed by atoms with E-state index in [0.29, 0.717) is 49.8 Å². The van der Waals surface area contributed by atoms with Crippen LogP contribution in [0.4, 0.5) is 0 Å². The van der Waals surface area contributed by atoms with Crippen LogP contribution in [0.1, 0.15) is 43.9 Å². The lowest BCUT2D eigenvalue weighted by Crippen LogP contribution is -2.40. The number of aromatic nitrogens is 1. The lowest BCUT2D eigenvalue weighted by molar-refractivity contribution is -0.139. The van der Waals surface area contributed by atoms with Crippen LogP contribution in [0.5, 0.6) is 17.2 Å². The molecule has 0 saturated carbocycles. The van der Waals surface area contributed by atoms with Gasteiger partial charge in [-0.25, -0.2) is 9.79 Å². The molecular weight excluding hydrogens is 699 g/mol. The lowest BCUT2D eigenvalue weighted by Gasteiger charge is -2.27. The summed E-state index contributed by atoms with van der Waals surface area (Å²) in [7, 11) is 4.72. The number of carbonyl (C=O) groups excluding carboxylic acids is 1. The van der Waals surface area contributed by atoms with E-state index in [4.69, 9.17) is 23.9 Å². The number of allylic oxidation sites excluding steroid dienone is 1. The maximum absolute atomic E-state index is 14.0. The minimum Gasteiger partial charge on any atom is -0.496 e. The molecule has 39 heavy (non-hydrogen) atoms. The van der Waals surface area contributed by atoms with E-state index in [1.165, 1.54) is 11.3 Å².